The Kier molecular flexibility index (Phi) is 2.48. The molecule has 0 radical (unpaired) electrons. The van der Waals surface area contributed by atoms with E-state index < -0.39 is 0 Å². The minimum atomic E-state index is 0.598. The Morgan fingerprint density at radius 1 is 1.35 bits per heavy atom. The highest BCUT2D eigenvalue weighted by Gasteiger charge is 2.24. The molecule has 1 fully saturated rings. The second kappa shape index (κ2) is 4.00. The summed E-state index contributed by atoms with van der Waals surface area (Å²) in [5.74, 6) is 1.44. The van der Waals surface area contributed by atoms with Crippen LogP contribution >= 0.6 is 11.6 Å². The van der Waals surface area contributed by atoms with Crippen molar-refractivity contribution in [3.05, 3.63) is 23.2 Å². The van der Waals surface area contributed by atoms with Gasteiger partial charge in [0.1, 0.15) is 0 Å². The first-order valence-electron chi connectivity index (χ1n) is 5.55. The van der Waals surface area contributed by atoms with Crippen LogP contribution in [0.2, 0.25) is 5.02 Å². The van der Waals surface area contributed by atoms with Gasteiger partial charge in [0.05, 0.1) is 0 Å². The molecule has 6 heteroatoms. The van der Waals surface area contributed by atoms with E-state index in [1.54, 1.807) is 6.07 Å². The van der Waals surface area contributed by atoms with Gasteiger partial charge in [0, 0.05) is 22.8 Å². The molecule has 0 aliphatic heterocycles. The van der Waals surface area contributed by atoms with Crippen LogP contribution in [0.15, 0.2) is 18.2 Å². The zero-order valence-electron chi connectivity index (χ0n) is 9.17. The topological polar surface area (TPSA) is 69.6 Å². The van der Waals surface area contributed by atoms with Gasteiger partial charge in [-0.15, -0.1) is 5.10 Å². The van der Waals surface area contributed by atoms with Crippen LogP contribution in [0.5, 0.6) is 0 Å². The van der Waals surface area contributed by atoms with Gasteiger partial charge < -0.3 is 5.73 Å². The zero-order valence-corrected chi connectivity index (χ0v) is 9.93. The molecule has 0 unspecified atom stereocenters. The minimum absolute atomic E-state index is 0.598. The lowest BCUT2D eigenvalue weighted by atomic mass is 10.2. The SMILES string of the molecule is Nc1cc(Cl)cc(-c2nnnn2CC2CC2)c1. The van der Waals surface area contributed by atoms with Gasteiger partial charge in [0.15, 0.2) is 5.82 Å². The number of hydrogen-bond donors (Lipinski definition) is 1. The molecule has 1 aromatic heterocycles. The van der Waals surface area contributed by atoms with Gasteiger partial charge in [-0.25, -0.2) is 4.68 Å². The minimum Gasteiger partial charge on any atom is -0.399 e. The maximum Gasteiger partial charge on any atom is 0.182 e. The van der Waals surface area contributed by atoms with Crippen LogP contribution in [0.1, 0.15) is 12.8 Å². The van der Waals surface area contributed by atoms with Crippen LogP contribution < -0.4 is 5.73 Å². The quantitative estimate of drug-likeness (QED) is 0.845. The van der Waals surface area contributed by atoms with E-state index >= 15 is 0 Å². The van der Waals surface area contributed by atoms with Crippen LogP contribution in [-0.4, -0.2) is 20.2 Å². The van der Waals surface area contributed by atoms with E-state index in [2.05, 4.69) is 15.5 Å². The number of halogens is 1. The predicted molar refractivity (Wildman–Crippen MR) is 65.4 cm³/mol. The Morgan fingerprint density at radius 2 is 2.18 bits per heavy atom. The summed E-state index contributed by atoms with van der Waals surface area (Å²) >= 11 is 5.98. The third-order valence-electron chi connectivity index (χ3n) is 2.84. The molecule has 0 saturated heterocycles. The number of nitrogen functional groups attached to an aromatic ring is 1. The molecule has 1 aromatic carbocycles. The molecule has 88 valence electrons. The normalized spacial score (nSPS) is 15.1. The Hall–Kier alpha value is -1.62. The van der Waals surface area contributed by atoms with Crippen molar-refractivity contribution in [3.8, 4) is 11.4 Å². The molecule has 0 spiro atoms. The molecular formula is C11H12ClN5. The average Bonchev–Trinajstić information content (AvgIpc) is 2.93. The van der Waals surface area contributed by atoms with Gasteiger partial charge in [-0.05, 0) is 47.4 Å². The third kappa shape index (κ3) is 2.24. The Balaban J connectivity index is 1.98. The highest BCUT2D eigenvalue weighted by molar-refractivity contribution is 6.31. The fourth-order valence-corrected chi connectivity index (χ4v) is 2.06. The number of nitrogens with two attached hydrogens (primary N) is 1. The summed E-state index contributed by atoms with van der Waals surface area (Å²) in [5.41, 5.74) is 7.25. The van der Waals surface area contributed by atoms with E-state index in [1.807, 2.05) is 16.8 Å². The summed E-state index contributed by atoms with van der Waals surface area (Å²) in [6, 6.07) is 5.37. The Labute approximate surface area is 104 Å². The molecule has 17 heavy (non-hydrogen) atoms. The molecular weight excluding hydrogens is 238 g/mol. The van der Waals surface area contributed by atoms with E-state index in [1.165, 1.54) is 12.8 Å². The van der Waals surface area contributed by atoms with Crippen molar-refractivity contribution in [3.63, 3.8) is 0 Å². The number of rotatable bonds is 3. The molecule has 1 heterocycles. The molecule has 1 aliphatic carbocycles. The van der Waals surface area contributed by atoms with E-state index in [4.69, 9.17) is 17.3 Å². The molecule has 0 bridgehead atoms. The molecule has 3 rings (SSSR count). The first kappa shape index (κ1) is 10.5. The second-order valence-electron chi connectivity index (χ2n) is 4.40. The van der Waals surface area contributed by atoms with Crippen molar-refractivity contribution in [1.29, 1.82) is 0 Å². The Bertz CT molecular complexity index is 526. The zero-order chi connectivity index (χ0) is 11.8. The number of hydrogen-bond acceptors (Lipinski definition) is 4. The first-order chi connectivity index (χ1) is 8.22. The molecule has 1 aliphatic rings. The molecule has 1 saturated carbocycles. The van der Waals surface area contributed by atoms with Crippen molar-refractivity contribution in [2.45, 2.75) is 19.4 Å². The number of anilines is 1. The lowest BCUT2D eigenvalue weighted by Gasteiger charge is -2.05. The highest BCUT2D eigenvalue weighted by Crippen LogP contribution is 2.32. The highest BCUT2D eigenvalue weighted by atomic mass is 35.5. The van der Waals surface area contributed by atoms with Crippen molar-refractivity contribution in [2.24, 2.45) is 5.92 Å². The largest absolute Gasteiger partial charge is 0.399 e. The summed E-state index contributed by atoms with van der Waals surface area (Å²) in [4.78, 5) is 0. The average molecular weight is 250 g/mol. The number of aromatic nitrogens is 4. The number of benzene rings is 1. The summed E-state index contributed by atoms with van der Waals surface area (Å²) in [5, 5.41) is 12.4. The van der Waals surface area contributed by atoms with Gasteiger partial charge in [-0.1, -0.05) is 11.6 Å². The lowest BCUT2D eigenvalue weighted by Crippen LogP contribution is -2.04. The van der Waals surface area contributed by atoms with E-state index in [9.17, 15) is 0 Å². The molecule has 0 atom stereocenters. The van der Waals surface area contributed by atoms with Crippen LogP contribution in [0.4, 0.5) is 5.69 Å². The van der Waals surface area contributed by atoms with Gasteiger partial charge in [0.25, 0.3) is 0 Å². The fraction of sp³-hybridized carbons (Fsp3) is 0.364. The van der Waals surface area contributed by atoms with E-state index in [0.717, 1.165) is 17.9 Å². The standard InChI is InChI=1S/C11H12ClN5/c12-9-3-8(4-10(13)5-9)11-14-15-16-17(11)6-7-1-2-7/h3-5,7H,1-2,6,13H2. The van der Waals surface area contributed by atoms with Gasteiger partial charge in [0.2, 0.25) is 0 Å². The first-order valence-corrected chi connectivity index (χ1v) is 5.93. The van der Waals surface area contributed by atoms with Crippen LogP contribution in [0.3, 0.4) is 0 Å². The smallest absolute Gasteiger partial charge is 0.182 e. The predicted octanol–water partition coefficient (Wildman–Crippen LogP) is 1.99. The molecule has 2 aromatic rings. The van der Waals surface area contributed by atoms with Gasteiger partial charge in [-0.2, -0.15) is 0 Å². The molecule has 2 N–H and O–H groups in total. The summed E-state index contributed by atoms with van der Waals surface area (Å²) in [6.45, 7) is 0.870. The summed E-state index contributed by atoms with van der Waals surface area (Å²) < 4.78 is 1.82. The summed E-state index contributed by atoms with van der Waals surface area (Å²) in [6.07, 6.45) is 2.52. The number of tetrazole rings is 1. The lowest BCUT2D eigenvalue weighted by molar-refractivity contribution is 0.548. The molecule has 5 nitrogen and oxygen atoms in total. The monoisotopic (exact) mass is 249 g/mol. The van der Waals surface area contributed by atoms with Crippen molar-refractivity contribution >= 4 is 17.3 Å². The van der Waals surface area contributed by atoms with Gasteiger partial charge in [-0.3, -0.25) is 0 Å². The Morgan fingerprint density at radius 3 is 2.88 bits per heavy atom. The van der Waals surface area contributed by atoms with E-state index in [-0.39, 0.29) is 0 Å². The van der Waals surface area contributed by atoms with Crippen LogP contribution in [0.25, 0.3) is 11.4 Å². The molecule has 0 amide bonds. The maximum absolute atomic E-state index is 5.98. The fourth-order valence-electron chi connectivity index (χ4n) is 1.82. The van der Waals surface area contributed by atoms with Crippen molar-refractivity contribution in [1.82, 2.24) is 20.2 Å². The second-order valence-corrected chi connectivity index (χ2v) is 4.84. The van der Waals surface area contributed by atoms with Gasteiger partial charge >= 0.3 is 0 Å². The van der Waals surface area contributed by atoms with Crippen molar-refractivity contribution in [2.75, 3.05) is 5.73 Å². The third-order valence-corrected chi connectivity index (χ3v) is 3.06. The van der Waals surface area contributed by atoms with Crippen LogP contribution in [-0.2, 0) is 6.54 Å². The maximum atomic E-state index is 5.98. The van der Waals surface area contributed by atoms with Crippen LogP contribution in [0, 0.1) is 5.92 Å². The number of nitrogens with zero attached hydrogens (tertiary/aromatic N) is 4. The van der Waals surface area contributed by atoms with E-state index in [0.29, 0.717) is 16.6 Å². The summed E-state index contributed by atoms with van der Waals surface area (Å²) in [7, 11) is 0. The van der Waals surface area contributed by atoms with Crippen molar-refractivity contribution < 1.29 is 0 Å².